The van der Waals surface area contributed by atoms with Crippen molar-refractivity contribution < 1.29 is 14.3 Å². The number of para-hydroxylation sites is 1. The van der Waals surface area contributed by atoms with Gasteiger partial charge in [0.25, 0.3) is 0 Å². The van der Waals surface area contributed by atoms with E-state index < -0.39 is 11.8 Å². The van der Waals surface area contributed by atoms with Crippen molar-refractivity contribution in [3.05, 3.63) is 53.1 Å². The second-order valence-corrected chi connectivity index (χ2v) is 4.33. The Morgan fingerprint density at radius 3 is 2.63 bits per heavy atom. The van der Waals surface area contributed by atoms with E-state index in [9.17, 15) is 9.18 Å². The molecule has 98 valence electrons. The maximum absolute atomic E-state index is 13.8. The van der Waals surface area contributed by atoms with Gasteiger partial charge in [-0.3, -0.25) is 0 Å². The highest BCUT2D eigenvalue weighted by atomic mass is 19.1. The van der Waals surface area contributed by atoms with Crippen LogP contribution in [0.2, 0.25) is 0 Å². The fourth-order valence-corrected chi connectivity index (χ4v) is 1.75. The van der Waals surface area contributed by atoms with E-state index in [2.05, 4.69) is 5.10 Å². The summed E-state index contributed by atoms with van der Waals surface area (Å²) in [5.41, 5.74) is 1.53. The third-order valence-corrected chi connectivity index (χ3v) is 2.54. The average Bonchev–Trinajstić information content (AvgIpc) is 2.72. The Hall–Kier alpha value is -2.43. The summed E-state index contributed by atoms with van der Waals surface area (Å²) in [5, 5.41) is 13.1. The van der Waals surface area contributed by atoms with Crippen molar-refractivity contribution in [1.29, 1.82) is 0 Å². The predicted molar refractivity (Wildman–Crippen MR) is 69.8 cm³/mol. The van der Waals surface area contributed by atoms with Crippen molar-refractivity contribution in [2.24, 2.45) is 0 Å². The van der Waals surface area contributed by atoms with Gasteiger partial charge >= 0.3 is 5.97 Å². The number of carboxylic acid groups (broad SMARTS) is 1. The van der Waals surface area contributed by atoms with Crippen LogP contribution in [0, 0.1) is 5.82 Å². The molecule has 0 fully saturated rings. The molecular formula is C14H13FN2O2. The number of aromatic carboxylic acids is 1. The predicted octanol–water partition coefficient (Wildman–Crippen LogP) is 3.13. The zero-order valence-corrected chi connectivity index (χ0v) is 10.6. The fourth-order valence-electron chi connectivity index (χ4n) is 1.75. The van der Waals surface area contributed by atoms with Crippen LogP contribution in [-0.4, -0.2) is 20.9 Å². The molecule has 2 rings (SSSR count). The highest BCUT2D eigenvalue weighted by Crippen LogP contribution is 2.20. The molecule has 1 heterocycles. The first-order valence-corrected chi connectivity index (χ1v) is 5.72. The normalized spacial score (nSPS) is 10.3. The number of benzene rings is 1. The average molecular weight is 260 g/mol. The number of nitrogens with zero attached hydrogens (tertiary/aromatic N) is 2. The van der Waals surface area contributed by atoms with Crippen LogP contribution in [0.5, 0.6) is 0 Å². The third-order valence-electron chi connectivity index (χ3n) is 2.54. The molecule has 2 aromatic rings. The number of hydrogen-bond donors (Lipinski definition) is 1. The van der Waals surface area contributed by atoms with Gasteiger partial charge in [-0.2, -0.15) is 5.10 Å². The molecule has 0 saturated heterocycles. The second-order valence-electron chi connectivity index (χ2n) is 4.33. The monoisotopic (exact) mass is 260 g/mol. The van der Waals surface area contributed by atoms with Crippen LogP contribution in [0.3, 0.4) is 0 Å². The fraction of sp³-hybridized carbons (Fsp3) is 0.143. The number of carbonyl (C=O) groups is 1. The Morgan fingerprint density at radius 1 is 1.37 bits per heavy atom. The van der Waals surface area contributed by atoms with E-state index in [1.807, 2.05) is 13.8 Å². The lowest BCUT2D eigenvalue weighted by Crippen LogP contribution is -2.04. The number of allylic oxidation sites excluding steroid dienone is 1. The van der Waals surface area contributed by atoms with Crippen LogP contribution in [0.15, 0.2) is 36.0 Å². The Morgan fingerprint density at radius 2 is 2.05 bits per heavy atom. The minimum Gasteiger partial charge on any atom is -0.478 e. The minimum atomic E-state index is -1.09. The van der Waals surface area contributed by atoms with Gasteiger partial charge in [-0.25, -0.2) is 13.9 Å². The van der Waals surface area contributed by atoms with E-state index in [1.165, 1.54) is 16.9 Å². The summed E-state index contributed by atoms with van der Waals surface area (Å²) >= 11 is 0. The molecule has 0 aliphatic carbocycles. The zero-order chi connectivity index (χ0) is 14.0. The van der Waals surface area contributed by atoms with E-state index in [0.29, 0.717) is 5.69 Å². The van der Waals surface area contributed by atoms with Crippen molar-refractivity contribution in [3.8, 4) is 5.69 Å². The van der Waals surface area contributed by atoms with E-state index >= 15 is 0 Å². The molecule has 0 aliphatic heterocycles. The largest absolute Gasteiger partial charge is 0.478 e. The molecule has 0 aliphatic rings. The summed E-state index contributed by atoms with van der Waals surface area (Å²) in [4.78, 5) is 11.2. The molecule has 4 nitrogen and oxygen atoms in total. The van der Waals surface area contributed by atoms with Crippen LogP contribution in [0.4, 0.5) is 4.39 Å². The van der Waals surface area contributed by atoms with Gasteiger partial charge in [-0.05, 0) is 32.1 Å². The summed E-state index contributed by atoms with van der Waals surface area (Å²) in [7, 11) is 0. The molecule has 0 saturated carbocycles. The lowest BCUT2D eigenvalue weighted by Gasteiger charge is -2.07. The van der Waals surface area contributed by atoms with Gasteiger partial charge in [0.1, 0.15) is 17.1 Å². The van der Waals surface area contributed by atoms with Gasteiger partial charge < -0.3 is 5.11 Å². The summed E-state index contributed by atoms with van der Waals surface area (Å²) in [6.07, 6.45) is 2.90. The van der Waals surface area contributed by atoms with Crippen molar-refractivity contribution in [3.63, 3.8) is 0 Å². The van der Waals surface area contributed by atoms with E-state index in [4.69, 9.17) is 5.11 Å². The van der Waals surface area contributed by atoms with Gasteiger partial charge in [-0.1, -0.05) is 17.7 Å². The van der Waals surface area contributed by atoms with Gasteiger partial charge in [0, 0.05) is 0 Å². The molecule has 1 aromatic carbocycles. The number of hydrogen-bond acceptors (Lipinski definition) is 2. The van der Waals surface area contributed by atoms with Gasteiger partial charge in [-0.15, -0.1) is 0 Å². The van der Waals surface area contributed by atoms with Crippen LogP contribution in [-0.2, 0) is 0 Å². The first kappa shape index (κ1) is 13.0. The van der Waals surface area contributed by atoms with Crippen LogP contribution >= 0.6 is 0 Å². The molecule has 0 atom stereocenters. The number of carboxylic acids is 1. The Balaban J connectivity index is 2.68. The zero-order valence-electron chi connectivity index (χ0n) is 10.6. The summed E-state index contributed by atoms with van der Waals surface area (Å²) in [6, 6.07) is 6.11. The molecule has 0 radical (unpaired) electrons. The standard InChI is InChI=1S/C14H13FN2O2/c1-9(2)7-13-10(14(18)19)8-16-17(13)12-6-4-3-5-11(12)15/h3-8H,1-2H3,(H,18,19). The SMILES string of the molecule is CC(C)=Cc1c(C(=O)O)cnn1-c1ccccc1F. The first-order chi connectivity index (χ1) is 9.00. The second kappa shape index (κ2) is 5.06. The van der Waals surface area contributed by atoms with E-state index in [-0.39, 0.29) is 11.3 Å². The molecule has 1 N–H and O–H groups in total. The van der Waals surface area contributed by atoms with E-state index in [1.54, 1.807) is 24.3 Å². The van der Waals surface area contributed by atoms with Gasteiger partial charge in [0.15, 0.2) is 0 Å². The number of rotatable bonds is 3. The summed E-state index contributed by atoms with van der Waals surface area (Å²) in [6.45, 7) is 3.68. The molecule has 19 heavy (non-hydrogen) atoms. The quantitative estimate of drug-likeness (QED) is 0.922. The smallest absolute Gasteiger partial charge is 0.339 e. The van der Waals surface area contributed by atoms with Gasteiger partial charge in [0.05, 0.1) is 11.9 Å². The summed E-state index contributed by atoms with van der Waals surface area (Å²) < 4.78 is 15.1. The Labute approximate surface area is 109 Å². The van der Waals surface area contributed by atoms with Crippen molar-refractivity contribution in [1.82, 2.24) is 9.78 Å². The highest BCUT2D eigenvalue weighted by molar-refractivity contribution is 5.91. The lowest BCUT2D eigenvalue weighted by molar-refractivity contribution is 0.0696. The maximum atomic E-state index is 13.8. The molecule has 0 spiro atoms. The third kappa shape index (κ3) is 2.54. The molecule has 0 amide bonds. The van der Waals surface area contributed by atoms with Crippen molar-refractivity contribution >= 4 is 12.0 Å². The topological polar surface area (TPSA) is 55.1 Å². The molecule has 0 bridgehead atoms. The number of halogens is 1. The molecule has 1 aromatic heterocycles. The number of aromatic nitrogens is 2. The minimum absolute atomic E-state index is 0.0458. The Kier molecular flexibility index (Phi) is 3.46. The van der Waals surface area contributed by atoms with E-state index in [0.717, 1.165) is 5.57 Å². The summed E-state index contributed by atoms with van der Waals surface area (Å²) in [5.74, 6) is -1.54. The molecule has 5 heteroatoms. The first-order valence-electron chi connectivity index (χ1n) is 5.72. The maximum Gasteiger partial charge on any atom is 0.339 e. The highest BCUT2D eigenvalue weighted by Gasteiger charge is 2.17. The van der Waals surface area contributed by atoms with Gasteiger partial charge in [0.2, 0.25) is 0 Å². The van der Waals surface area contributed by atoms with Crippen LogP contribution in [0.25, 0.3) is 11.8 Å². The van der Waals surface area contributed by atoms with Crippen molar-refractivity contribution in [2.75, 3.05) is 0 Å². The van der Waals surface area contributed by atoms with Crippen LogP contribution < -0.4 is 0 Å². The van der Waals surface area contributed by atoms with Crippen LogP contribution in [0.1, 0.15) is 29.9 Å². The van der Waals surface area contributed by atoms with Crippen molar-refractivity contribution in [2.45, 2.75) is 13.8 Å². The molecular weight excluding hydrogens is 247 g/mol. The molecule has 0 unspecified atom stereocenters. The lowest BCUT2D eigenvalue weighted by atomic mass is 10.2. The Bertz CT molecular complexity index is 655.